The number of carboxylic acid groups (broad SMARTS) is 1. The Balaban J connectivity index is 2.52. The summed E-state index contributed by atoms with van der Waals surface area (Å²) < 4.78 is 0. The molecule has 19 heavy (non-hydrogen) atoms. The third-order valence-corrected chi connectivity index (χ3v) is 3.93. The van der Waals surface area contributed by atoms with Crippen LogP contribution in [0.3, 0.4) is 0 Å². The van der Waals surface area contributed by atoms with Gasteiger partial charge in [0, 0.05) is 11.1 Å². The van der Waals surface area contributed by atoms with Gasteiger partial charge in [0.25, 0.3) is 0 Å². The van der Waals surface area contributed by atoms with Crippen LogP contribution in [0.2, 0.25) is 5.02 Å². The SMILES string of the molecule is CCC(C(=O)O)(c1ccc(Cl)cc1)N(C=O)C1CC1. The van der Waals surface area contributed by atoms with Crippen LogP contribution in [0.4, 0.5) is 0 Å². The highest BCUT2D eigenvalue weighted by Gasteiger charge is 2.49. The smallest absolute Gasteiger partial charge is 0.334 e. The maximum absolute atomic E-state index is 11.8. The van der Waals surface area contributed by atoms with Gasteiger partial charge in [0.15, 0.2) is 5.54 Å². The summed E-state index contributed by atoms with van der Waals surface area (Å²) in [4.78, 5) is 24.7. The monoisotopic (exact) mass is 281 g/mol. The van der Waals surface area contributed by atoms with Crippen molar-refractivity contribution in [2.24, 2.45) is 0 Å². The van der Waals surface area contributed by atoms with Gasteiger partial charge in [0.2, 0.25) is 6.41 Å². The van der Waals surface area contributed by atoms with Gasteiger partial charge in [-0.1, -0.05) is 30.7 Å². The second-order valence-corrected chi connectivity index (χ2v) is 5.21. The molecule has 1 aromatic carbocycles. The molecule has 1 fully saturated rings. The number of rotatable bonds is 6. The summed E-state index contributed by atoms with van der Waals surface area (Å²) in [6, 6.07) is 6.70. The number of benzene rings is 1. The Labute approximate surface area is 117 Å². The molecule has 0 aromatic heterocycles. The normalized spacial score (nSPS) is 17.6. The maximum atomic E-state index is 11.8. The lowest BCUT2D eigenvalue weighted by atomic mass is 9.85. The molecule has 1 aromatic rings. The lowest BCUT2D eigenvalue weighted by Crippen LogP contribution is -2.52. The van der Waals surface area contributed by atoms with Gasteiger partial charge < -0.3 is 10.0 Å². The van der Waals surface area contributed by atoms with Gasteiger partial charge in [0.05, 0.1) is 0 Å². The Kier molecular flexibility index (Phi) is 3.80. The van der Waals surface area contributed by atoms with Crippen LogP contribution in [0.1, 0.15) is 31.7 Å². The van der Waals surface area contributed by atoms with Gasteiger partial charge in [0.1, 0.15) is 0 Å². The number of carbonyl (C=O) groups is 2. The highest BCUT2D eigenvalue weighted by atomic mass is 35.5. The van der Waals surface area contributed by atoms with Crippen LogP contribution in [0.25, 0.3) is 0 Å². The van der Waals surface area contributed by atoms with E-state index in [0.29, 0.717) is 23.4 Å². The Bertz CT molecular complexity index is 484. The molecule has 1 saturated carbocycles. The molecular formula is C14H16ClNO3. The minimum absolute atomic E-state index is 0.0317. The number of amides is 1. The molecule has 0 bridgehead atoms. The Hall–Kier alpha value is -1.55. The first-order valence-electron chi connectivity index (χ1n) is 6.29. The number of nitrogens with zero attached hydrogens (tertiary/aromatic N) is 1. The minimum atomic E-state index is -1.30. The molecule has 1 amide bonds. The lowest BCUT2D eigenvalue weighted by molar-refractivity contribution is -0.157. The highest BCUT2D eigenvalue weighted by Crippen LogP contribution is 2.40. The van der Waals surface area contributed by atoms with E-state index >= 15 is 0 Å². The standard InChI is InChI=1S/C14H16ClNO3/c1-2-14(13(18)19,16(9-17)12-7-8-12)10-3-5-11(15)6-4-10/h3-6,9,12H,2,7-8H2,1H3,(H,18,19). The van der Waals surface area contributed by atoms with E-state index in [1.54, 1.807) is 31.2 Å². The highest BCUT2D eigenvalue weighted by molar-refractivity contribution is 6.30. The van der Waals surface area contributed by atoms with Gasteiger partial charge >= 0.3 is 5.97 Å². The zero-order valence-electron chi connectivity index (χ0n) is 10.7. The topological polar surface area (TPSA) is 57.6 Å². The molecule has 1 aliphatic carbocycles. The predicted molar refractivity (Wildman–Crippen MR) is 72.0 cm³/mol. The molecule has 4 nitrogen and oxygen atoms in total. The molecule has 0 aliphatic heterocycles. The maximum Gasteiger partial charge on any atom is 0.334 e. The lowest BCUT2D eigenvalue weighted by Gasteiger charge is -2.38. The van der Waals surface area contributed by atoms with Crippen molar-refractivity contribution in [2.45, 2.75) is 37.8 Å². The van der Waals surface area contributed by atoms with Crippen molar-refractivity contribution in [1.29, 1.82) is 0 Å². The van der Waals surface area contributed by atoms with Crippen molar-refractivity contribution in [2.75, 3.05) is 0 Å². The second-order valence-electron chi connectivity index (χ2n) is 4.77. The van der Waals surface area contributed by atoms with E-state index in [4.69, 9.17) is 11.6 Å². The number of carbonyl (C=O) groups excluding carboxylic acids is 1. The second kappa shape index (κ2) is 5.21. The van der Waals surface area contributed by atoms with Crippen LogP contribution in [0, 0.1) is 0 Å². The average Bonchev–Trinajstić information content (AvgIpc) is 3.21. The molecule has 0 spiro atoms. The first-order chi connectivity index (χ1) is 9.06. The van der Waals surface area contributed by atoms with Crippen LogP contribution in [-0.4, -0.2) is 28.4 Å². The molecule has 1 N–H and O–H groups in total. The van der Waals surface area contributed by atoms with Gasteiger partial charge in [-0.15, -0.1) is 0 Å². The van der Waals surface area contributed by atoms with E-state index in [0.717, 1.165) is 12.8 Å². The summed E-state index contributed by atoms with van der Waals surface area (Å²) >= 11 is 5.84. The Morgan fingerprint density at radius 3 is 2.42 bits per heavy atom. The molecule has 0 radical (unpaired) electrons. The molecule has 5 heteroatoms. The summed E-state index contributed by atoms with van der Waals surface area (Å²) in [5, 5.41) is 10.2. The van der Waals surface area contributed by atoms with Crippen LogP contribution in [0.15, 0.2) is 24.3 Å². The largest absolute Gasteiger partial charge is 0.479 e. The fourth-order valence-corrected chi connectivity index (χ4v) is 2.61. The summed E-state index contributed by atoms with van der Waals surface area (Å²) in [6.07, 6.45) is 2.70. The van der Waals surface area contributed by atoms with Crippen molar-refractivity contribution >= 4 is 24.0 Å². The molecule has 1 atom stereocenters. The van der Waals surface area contributed by atoms with Gasteiger partial charge in [-0.25, -0.2) is 4.79 Å². The Morgan fingerprint density at radius 2 is 2.05 bits per heavy atom. The van der Waals surface area contributed by atoms with Crippen molar-refractivity contribution in [3.63, 3.8) is 0 Å². The minimum Gasteiger partial charge on any atom is -0.479 e. The summed E-state index contributed by atoms with van der Waals surface area (Å²) in [7, 11) is 0. The zero-order valence-corrected chi connectivity index (χ0v) is 11.4. The summed E-state index contributed by atoms with van der Waals surface area (Å²) in [5.41, 5.74) is -0.709. The van der Waals surface area contributed by atoms with Crippen molar-refractivity contribution in [3.05, 3.63) is 34.9 Å². The van der Waals surface area contributed by atoms with E-state index < -0.39 is 11.5 Å². The third-order valence-electron chi connectivity index (χ3n) is 3.68. The first kappa shape index (κ1) is 13.9. The number of carboxylic acids is 1. The molecule has 2 rings (SSSR count). The predicted octanol–water partition coefficient (Wildman–Crippen LogP) is 2.65. The quantitative estimate of drug-likeness (QED) is 0.816. The van der Waals surface area contributed by atoms with Gasteiger partial charge in [-0.2, -0.15) is 0 Å². The molecular weight excluding hydrogens is 266 g/mol. The van der Waals surface area contributed by atoms with Crippen LogP contribution in [0.5, 0.6) is 0 Å². The number of aliphatic carboxylic acids is 1. The summed E-state index contributed by atoms with van der Waals surface area (Å²) in [6.45, 7) is 1.78. The zero-order chi connectivity index (χ0) is 14.0. The number of hydrogen-bond acceptors (Lipinski definition) is 2. The van der Waals surface area contributed by atoms with Crippen LogP contribution >= 0.6 is 11.6 Å². The van der Waals surface area contributed by atoms with Crippen molar-refractivity contribution in [1.82, 2.24) is 4.90 Å². The third kappa shape index (κ3) is 2.32. The van der Waals surface area contributed by atoms with E-state index in [2.05, 4.69) is 0 Å². The van der Waals surface area contributed by atoms with E-state index in [9.17, 15) is 14.7 Å². The molecule has 0 heterocycles. The fraction of sp³-hybridized carbons (Fsp3) is 0.429. The van der Waals surface area contributed by atoms with Crippen LogP contribution < -0.4 is 0 Å². The van der Waals surface area contributed by atoms with Crippen molar-refractivity contribution in [3.8, 4) is 0 Å². The number of hydrogen-bond donors (Lipinski definition) is 1. The molecule has 1 unspecified atom stereocenters. The van der Waals surface area contributed by atoms with Crippen molar-refractivity contribution < 1.29 is 14.7 Å². The van der Waals surface area contributed by atoms with E-state index in [1.807, 2.05) is 0 Å². The molecule has 1 aliphatic rings. The van der Waals surface area contributed by atoms with Gasteiger partial charge in [-0.3, -0.25) is 4.79 Å². The van der Waals surface area contributed by atoms with E-state index in [1.165, 1.54) is 4.90 Å². The molecule has 0 saturated heterocycles. The summed E-state index contributed by atoms with van der Waals surface area (Å²) in [5.74, 6) is -1.00. The van der Waals surface area contributed by atoms with E-state index in [-0.39, 0.29) is 6.04 Å². The van der Waals surface area contributed by atoms with Gasteiger partial charge in [-0.05, 0) is 37.0 Å². The Morgan fingerprint density at radius 1 is 1.47 bits per heavy atom. The fourth-order valence-electron chi connectivity index (χ4n) is 2.49. The average molecular weight is 282 g/mol. The number of halogens is 1. The molecule has 102 valence electrons. The first-order valence-corrected chi connectivity index (χ1v) is 6.67. The van der Waals surface area contributed by atoms with Crippen LogP contribution in [-0.2, 0) is 15.1 Å².